The number of anilines is 1. The molecule has 1 aliphatic rings. The van der Waals surface area contributed by atoms with Gasteiger partial charge in [0.05, 0.1) is 21.3 Å². The van der Waals surface area contributed by atoms with Crippen molar-refractivity contribution in [3.63, 3.8) is 0 Å². The fourth-order valence-electron chi connectivity index (χ4n) is 3.58. The van der Waals surface area contributed by atoms with Gasteiger partial charge < -0.3 is 5.32 Å². The van der Waals surface area contributed by atoms with E-state index in [1.807, 2.05) is 26.8 Å². The number of rotatable bonds is 4. The van der Waals surface area contributed by atoms with Gasteiger partial charge >= 0.3 is 0 Å². The van der Waals surface area contributed by atoms with Gasteiger partial charge in [-0.25, -0.2) is 12.8 Å². The van der Waals surface area contributed by atoms with Gasteiger partial charge in [-0.05, 0) is 63.4 Å². The van der Waals surface area contributed by atoms with Crippen LogP contribution in [0, 0.1) is 32.5 Å². The fourth-order valence-corrected chi connectivity index (χ4v) is 5.32. The molecule has 1 fully saturated rings. The van der Waals surface area contributed by atoms with Gasteiger partial charge in [-0.1, -0.05) is 11.6 Å². The molecular formula is C20H23ClFN3O3S. The lowest BCUT2D eigenvalue weighted by atomic mass is 9.97. The van der Waals surface area contributed by atoms with Crippen LogP contribution in [-0.2, 0) is 14.8 Å². The quantitative estimate of drug-likeness (QED) is 0.784. The molecule has 0 bridgehead atoms. The maximum absolute atomic E-state index is 13.3. The molecule has 1 aromatic carbocycles. The average Bonchev–Trinajstić information content (AvgIpc) is 2.66. The van der Waals surface area contributed by atoms with Gasteiger partial charge in [0.25, 0.3) is 0 Å². The summed E-state index contributed by atoms with van der Waals surface area (Å²) in [4.78, 5) is 17.0. The zero-order valence-electron chi connectivity index (χ0n) is 16.5. The number of carbonyl (C=O) groups is 1. The van der Waals surface area contributed by atoms with Crippen LogP contribution in [0.25, 0.3) is 0 Å². The van der Waals surface area contributed by atoms with Crippen molar-refractivity contribution in [2.75, 3.05) is 18.4 Å². The highest BCUT2D eigenvalue weighted by molar-refractivity contribution is 7.89. The number of nitrogens with zero attached hydrogens (tertiary/aromatic N) is 2. The number of piperidine rings is 1. The molecule has 0 spiro atoms. The molecule has 0 atom stereocenters. The zero-order chi connectivity index (χ0) is 21.3. The van der Waals surface area contributed by atoms with E-state index in [0.29, 0.717) is 18.5 Å². The molecule has 29 heavy (non-hydrogen) atoms. The average molecular weight is 440 g/mol. The van der Waals surface area contributed by atoms with Crippen LogP contribution in [0.1, 0.15) is 29.8 Å². The van der Waals surface area contributed by atoms with Crippen LogP contribution in [0.5, 0.6) is 0 Å². The summed E-state index contributed by atoms with van der Waals surface area (Å²) in [5.74, 6) is -1.10. The number of halogens is 2. The van der Waals surface area contributed by atoms with Crippen LogP contribution in [0.2, 0.25) is 5.02 Å². The summed E-state index contributed by atoms with van der Waals surface area (Å²) in [5, 5.41) is 2.71. The highest BCUT2D eigenvalue weighted by atomic mass is 35.5. The topological polar surface area (TPSA) is 79.4 Å². The van der Waals surface area contributed by atoms with E-state index < -0.39 is 15.8 Å². The summed E-state index contributed by atoms with van der Waals surface area (Å²) in [6, 6.07) is 5.26. The first-order valence-electron chi connectivity index (χ1n) is 9.30. The van der Waals surface area contributed by atoms with E-state index in [1.54, 1.807) is 0 Å². The van der Waals surface area contributed by atoms with Crippen molar-refractivity contribution < 1.29 is 17.6 Å². The van der Waals surface area contributed by atoms with Gasteiger partial charge in [0, 0.05) is 24.7 Å². The van der Waals surface area contributed by atoms with Gasteiger partial charge in [-0.15, -0.1) is 0 Å². The third-order valence-corrected chi connectivity index (χ3v) is 7.31. The van der Waals surface area contributed by atoms with Gasteiger partial charge in [0.1, 0.15) is 5.82 Å². The van der Waals surface area contributed by atoms with Gasteiger partial charge in [-0.3, -0.25) is 9.78 Å². The molecule has 0 unspecified atom stereocenters. The van der Waals surface area contributed by atoms with Crippen molar-refractivity contribution >= 4 is 33.2 Å². The summed E-state index contributed by atoms with van der Waals surface area (Å²) in [6.07, 6.45) is 0.800. The number of hydrogen-bond donors (Lipinski definition) is 1. The molecular weight excluding hydrogens is 417 g/mol. The lowest BCUT2D eigenvalue weighted by Gasteiger charge is -2.30. The van der Waals surface area contributed by atoms with E-state index in [4.69, 9.17) is 11.6 Å². The van der Waals surface area contributed by atoms with Gasteiger partial charge in [-0.2, -0.15) is 4.31 Å². The van der Waals surface area contributed by atoms with Crippen LogP contribution in [0.3, 0.4) is 0 Å². The molecule has 2 heterocycles. The second kappa shape index (κ2) is 8.38. The Kier molecular flexibility index (Phi) is 6.26. The first-order chi connectivity index (χ1) is 13.6. The van der Waals surface area contributed by atoms with Crippen LogP contribution < -0.4 is 5.32 Å². The van der Waals surface area contributed by atoms with Crippen LogP contribution in [0.4, 0.5) is 10.1 Å². The third-order valence-electron chi connectivity index (χ3n) is 5.13. The predicted octanol–water partition coefficient (Wildman–Crippen LogP) is 3.84. The largest absolute Gasteiger partial charge is 0.324 e. The highest BCUT2D eigenvalue weighted by Gasteiger charge is 2.32. The number of benzene rings is 1. The summed E-state index contributed by atoms with van der Waals surface area (Å²) in [7, 11) is -3.79. The molecule has 3 rings (SSSR count). The van der Waals surface area contributed by atoms with Gasteiger partial charge in [0.15, 0.2) is 0 Å². The molecule has 1 N–H and O–H groups in total. The number of sulfonamides is 1. The number of carbonyl (C=O) groups excluding carboxylic acids is 1. The molecule has 0 saturated carbocycles. The predicted molar refractivity (Wildman–Crippen MR) is 110 cm³/mol. The smallest absolute Gasteiger partial charge is 0.243 e. The Bertz CT molecular complexity index is 1030. The second-order valence-electron chi connectivity index (χ2n) is 7.28. The lowest BCUT2D eigenvalue weighted by Crippen LogP contribution is -2.41. The Hall–Kier alpha value is -2.03. The first-order valence-corrected chi connectivity index (χ1v) is 11.1. The van der Waals surface area contributed by atoms with Crippen molar-refractivity contribution in [2.45, 2.75) is 38.5 Å². The van der Waals surface area contributed by atoms with Crippen LogP contribution >= 0.6 is 11.6 Å². The van der Waals surface area contributed by atoms with Crippen molar-refractivity contribution in [3.8, 4) is 0 Å². The van der Waals surface area contributed by atoms with E-state index in [0.717, 1.165) is 29.1 Å². The second-order valence-corrected chi connectivity index (χ2v) is 9.63. The standard InChI is InChI=1S/C20H23ClFN3O3S/c1-12-10-13(2)23-14(3)19(12)24-20(26)15-6-8-25(9-7-15)29(27,28)16-4-5-18(22)17(21)11-16/h4-5,10-11,15H,6-9H2,1-3H3,(H,24,26). The minimum Gasteiger partial charge on any atom is -0.324 e. The van der Waals surface area contributed by atoms with Crippen molar-refractivity contribution in [1.29, 1.82) is 0 Å². The number of pyridine rings is 1. The zero-order valence-corrected chi connectivity index (χ0v) is 18.1. The molecule has 2 aromatic rings. The van der Waals surface area contributed by atoms with E-state index in [-0.39, 0.29) is 34.8 Å². The Morgan fingerprint density at radius 3 is 2.45 bits per heavy atom. The van der Waals surface area contributed by atoms with Crippen LogP contribution in [0.15, 0.2) is 29.2 Å². The van der Waals surface area contributed by atoms with E-state index in [9.17, 15) is 17.6 Å². The number of nitrogens with one attached hydrogen (secondary N) is 1. The molecule has 1 aromatic heterocycles. The molecule has 156 valence electrons. The normalized spacial score (nSPS) is 16.0. The Morgan fingerprint density at radius 2 is 1.86 bits per heavy atom. The highest BCUT2D eigenvalue weighted by Crippen LogP contribution is 2.28. The fraction of sp³-hybridized carbons (Fsp3) is 0.400. The van der Waals surface area contributed by atoms with Crippen molar-refractivity contribution in [3.05, 3.63) is 52.1 Å². The van der Waals surface area contributed by atoms with Crippen LogP contribution in [-0.4, -0.2) is 36.7 Å². The van der Waals surface area contributed by atoms with E-state index in [1.165, 1.54) is 10.4 Å². The van der Waals surface area contributed by atoms with Crippen molar-refractivity contribution in [1.82, 2.24) is 9.29 Å². The molecule has 9 heteroatoms. The van der Waals surface area contributed by atoms with E-state index in [2.05, 4.69) is 10.3 Å². The first kappa shape index (κ1) is 21.7. The Balaban J connectivity index is 1.67. The molecule has 1 aliphatic heterocycles. The van der Waals surface area contributed by atoms with Crippen molar-refractivity contribution in [2.24, 2.45) is 5.92 Å². The number of hydrogen-bond acceptors (Lipinski definition) is 4. The summed E-state index contributed by atoms with van der Waals surface area (Å²) >= 11 is 5.72. The summed E-state index contributed by atoms with van der Waals surface area (Å²) in [6.45, 7) is 6.08. The Labute approximate surface area is 175 Å². The molecule has 0 radical (unpaired) electrons. The molecule has 0 aliphatic carbocycles. The summed E-state index contributed by atoms with van der Waals surface area (Å²) < 4.78 is 40.2. The minimum atomic E-state index is -3.79. The lowest BCUT2D eigenvalue weighted by molar-refractivity contribution is -0.120. The number of amides is 1. The van der Waals surface area contributed by atoms with Gasteiger partial charge in [0.2, 0.25) is 15.9 Å². The molecule has 6 nitrogen and oxygen atoms in total. The number of aryl methyl sites for hydroxylation is 3. The third kappa shape index (κ3) is 4.60. The monoisotopic (exact) mass is 439 g/mol. The Morgan fingerprint density at radius 1 is 1.21 bits per heavy atom. The number of aromatic nitrogens is 1. The maximum Gasteiger partial charge on any atom is 0.243 e. The van der Waals surface area contributed by atoms with E-state index >= 15 is 0 Å². The molecule has 1 saturated heterocycles. The minimum absolute atomic E-state index is 0.0521. The maximum atomic E-state index is 13.3. The summed E-state index contributed by atoms with van der Waals surface area (Å²) in [5.41, 5.74) is 3.29. The SMILES string of the molecule is Cc1cc(C)c(NC(=O)C2CCN(S(=O)(=O)c3ccc(F)c(Cl)c3)CC2)c(C)n1. The molecule has 1 amide bonds.